The maximum Gasteiger partial charge on any atom is 0.338 e. The molecule has 5 heteroatoms. The fraction of sp³-hybridized carbons (Fsp3) is 0.217. The Bertz CT molecular complexity index is 949. The van der Waals surface area contributed by atoms with Crippen molar-refractivity contribution in [2.75, 3.05) is 7.05 Å². The van der Waals surface area contributed by atoms with Gasteiger partial charge in [0.2, 0.25) is 0 Å². The van der Waals surface area contributed by atoms with E-state index >= 15 is 0 Å². The minimum atomic E-state index is -0.863. The van der Waals surface area contributed by atoms with Crippen molar-refractivity contribution in [3.63, 3.8) is 0 Å². The van der Waals surface area contributed by atoms with Crippen LogP contribution in [-0.4, -0.2) is 34.5 Å². The SMILES string of the molecule is Cc1ccc(C(=O)OC(C)C(=O)N(C)Cc2ccccc2)cc1-n1cccc1. The number of rotatable bonds is 6. The lowest BCUT2D eigenvalue weighted by Crippen LogP contribution is -2.37. The molecule has 144 valence electrons. The van der Waals surface area contributed by atoms with Crippen LogP contribution >= 0.6 is 0 Å². The Morgan fingerprint density at radius 3 is 2.39 bits per heavy atom. The molecule has 0 radical (unpaired) electrons. The van der Waals surface area contributed by atoms with Crippen molar-refractivity contribution in [3.8, 4) is 5.69 Å². The number of carbonyl (C=O) groups is 2. The number of likely N-dealkylation sites (N-methyl/N-ethyl adjacent to an activating group) is 1. The number of hydrogen-bond donors (Lipinski definition) is 0. The van der Waals surface area contributed by atoms with Gasteiger partial charge in [-0.1, -0.05) is 36.4 Å². The molecule has 0 saturated heterocycles. The molecule has 3 aromatic rings. The third-order valence-corrected chi connectivity index (χ3v) is 4.60. The fourth-order valence-electron chi connectivity index (χ4n) is 3.03. The average Bonchev–Trinajstić information content (AvgIpc) is 3.23. The molecule has 3 rings (SSSR count). The number of aryl methyl sites for hydroxylation is 1. The van der Waals surface area contributed by atoms with Gasteiger partial charge in [0.05, 0.1) is 5.56 Å². The quantitative estimate of drug-likeness (QED) is 0.611. The highest BCUT2D eigenvalue weighted by Gasteiger charge is 2.22. The van der Waals surface area contributed by atoms with Gasteiger partial charge in [0.25, 0.3) is 5.91 Å². The summed E-state index contributed by atoms with van der Waals surface area (Å²) >= 11 is 0. The number of amides is 1. The van der Waals surface area contributed by atoms with Gasteiger partial charge in [-0.2, -0.15) is 0 Å². The van der Waals surface area contributed by atoms with E-state index in [0.29, 0.717) is 12.1 Å². The zero-order chi connectivity index (χ0) is 20.1. The molecule has 0 bridgehead atoms. The lowest BCUT2D eigenvalue weighted by atomic mass is 10.1. The van der Waals surface area contributed by atoms with Crippen molar-refractivity contribution in [2.45, 2.75) is 26.5 Å². The van der Waals surface area contributed by atoms with Crippen molar-refractivity contribution in [2.24, 2.45) is 0 Å². The van der Waals surface area contributed by atoms with E-state index < -0.39 is 12.1 Å². The van der Waals surface area contributed by atoms with E-state index in [1.165, 1.54) is 0 Å². The topological polar surface area (TPSA) is 51.5 Å². The van der Waals surface area contributed by atoms with E-state index in [0.717, 1.165) is 16.8 Å². The van der Waals surface area contributed by atoms with Crippen molar-refractivity contribution in [1.29, 1.82) is 0 Å². The zero-order valence-electron chi connectivity index (χ0n) is 16.3. The lowest BCUT2D eigenvalue weighted by Gasteiger charge is -2.21. The summed E-state index contributed by atoms with van der Waals surface area (Å²) < 4.78 is 7.37. The van der Waals surface area contributed by atoms with E-state index in [1.807, 2.05) is 72.4 Å². The number of carbonyl (C=O) groups excluding carboxylic acids is 2. The molecule has 0 saturated carbocycles. The van der Waals surface area contributed by atoms with Crippen LogP contribution in [0.2, 0.25) is 0 Å². The summed E-state index contributed by atoms with van der Waals surface area (Å²) in [6.45, 7) is 4.04. The van der Waals surface area contributed by atoms with Crippen LogP contribution in [-0.2, 0) is 16.1 Å². The highest BCUT2D eigenvalue weighted by molar-refractivity contribution is 5.92. The van der Waals surface area contributed by atoms with E-state index in [1.54, 1.807) is 31.0 Å². The normalized spacial score (nSPS) is 11.7. The summed E-state index contributed by atoms with van der Waals surface area (Å²) in [5.41, 5.74) is 3.38. The second kappa shape index (κ2) is 8.57. The minimum Gasteiger partial charge on any atom is -0.449 e. The Morgan fingerprint density at radius 2 is 1.71 bits per heavy atom. The van der Waals surface area contributed by atoms with Crippen LogP contribution in [0.3, 0.4) is 0 Å². The van der Waals surface area contributed by atoms with E-state index in [4.69, 9.17) is 4.74 Å². The Balaban J connectivity index is 1.67. The molecule has 5 nitrogen and oxygen atoms in total. The largest absolute Gasteiger partial charge is 0.449 e. The Hall–Kier alpha value is -3.34. The van der Waals surface area contributed by atoms with Gasteiger partial charge in [-0.3, -0.25) is 4.79 Å². The smallest absolute Gasteiger partial charge is 0.338 e. The van der Waals surface area contributed by atoms with Crippen LogP contribution in [0.15, 0.2) is 73.1 Å². The maximum atomic E-state index is 12.6. The third kappa shape index (κ3) is 4.49. The summed E-state index contributed by atoms with van der Waals surface area (Å²) in [6.07, 6.45) is 2.97. The molecular weight excluding hydrogens is 352 g/mol. The van der Waals surface area contributed by atoms with Gasteiger partial charge in [0.15, 0.2) is 6.10 Å². The number of aromatic nitrogens is 1. The molecule has 0 aliphatic rings. The zero-order valence-corrected chi connectivity index (χ0v) is 16.3. The first-order valence-electron chi connectivity index (χ1n) is 9.19. The van der Waals surface area contributed by atoms with Gasteiger partial charge >= 0.3 is 5.97 Å². The van der Waals surface area contributed by atoms with Crippen LogP contribution in [0.1, 0.15) is 28.4 Å². The summed E-state index contributed by atoms with van der Waals surface area (Å²) in [4.78, 5) is 26.7. The molecule has 28 heavy (non-hydrogen) atoms. The first kappa shape index (κ1) is 19.4. The first-order valence-corrected chi connectivity index (χ1v) is 9.19. The van der Waals surface area contributed by atoms with Gasteiger partial charge in [-0.15, -0.1) is 0 Å². The van der Waals surface area contributed by atoms with Crippen molar-refractivity contribution in [3.05, 3.63) is 89.7 Å². The molecule has 2 aromatic carbocycles. The van der Waals surface area contributed by atoms with Gasteiger partial charge in [0.1, 0.15) is 0 Å². The predicted octanol–water partition coefficient (Wildman–Crippen LogP) is 3.99. The molecule has 1 amide bonds. The van der Waals surface area contributed by atoms with Crippen LogP contribution in [0.4, 0.5) is 0 Å². The molecule has 0 spiro atoms. The van der Waals surface area contributed by atoms with E-state index in [-0.39, 0.29) is 5.91 Å². The summed E-state index contributed by atoms with van der Waals surface area (Å²) in [5, 5.41) is 0. The number of hydrogen-bond acceptors (Lipinski definition) is 3. The monoisotopic (exact) mass is 376 g/mol. The van der Waals surface area contributed by atoms with Crippen LogP contribution < -0.4 is 0 Å². The molecule has 0 fully saturated rings. The molecule has 1 heterocycles. The van der Waals surface area contributed by atoms with Crippen LogP contribution in [0.5, 0.6) is 0 Å². The van der Waals surface area contributed by atoms with Crippen LogP contribution in [0.25, 0.3) is 5.69 Å². The molecule has 0 N–H and O–H groups in total. The maximum absolute atomic E-state index is 12.6. The first-order chi connectivity index (χ1) is 13.5. The van der Waals surface area contributed by atoms with Crippen molar-refractivity contribution >= 4 is 11.9 Å². The standard InChI is InChI=1S/C23H24N2O3/c1-17-11-12-20(15-21(17)25-13-7-8-14-25)23(27)28-18(2)22(26)24(3)16-19-9-5-4-6-10-19/h4-15,18H,16H2,1-3H3. The minimum absolute atomic E-state index is 0.241. The molecule has 0 aliphatic heterocycles. The van der Waals surface area contributed by atoms with Gasteiger partial charge < -0.3 is 14.2 Å². The summed E-state index contributed by atoms with van der Waals surface area (Å²) in [7, 11) is 1.70. The number of benzene rings is 2. The third-order valence-electron chi connectivity index (χ3n) is 4.60. The van der Waals surface area contributed by atoms with E-state index in [2.05, 4.69) is 0 Å². The summed E-state index contributed by atoms with van der Waals surface area (Å²) in [5.74, 6) is -0.752. The number of ether oxygens (including phenoxy) is 1. The highest BCUT2D eigenvalue weighted by Crippen LogP contribution is 2.18. The van der Waals surface area contributed by atoms with Gasteiger partial charge in [-0.25, -0.2) is 4.79 Å². The Labute approximate surface area is 165 Å². The Kier molecular flexibility index (Phi) is 5.94. The molecule has 0 aliphatic carbocycles. The van der Waals surface area contributed by atoms with Gasteiger partial charge in [0, 0.05) is 31.7 Å². The molecular formula is C23H24N2O3. The predicted molar refractivity (Wildman–Crippen MR) is 108 cm³/mol. The van der Waals surface area contributed by atoms with Crippen LogP contribution in [0, 0.1) is 6.92 Å². The summed E-state index contributed by atoms with van der Waals surface area (Å²) in [6, 6.07) is 18.9. The molecule has 1 atom stereocenters. The fourth-order valence-corrected chi connectivity index (χ4v) is 3.03. The molecule has 1 aromatic heterocycles. The number of nitrogens with zero attached hydrogens (tertiary/aromatic N) is 2. The highest BCUT2D eigenvalue weighted by atomic mass is 16.5. The average molecular weight is 376 g/mol. The Morgan fingerprint density at radius 1 is 1.04 bits per heavy atom. The molecule has 1 unspecified atom stereocenters. The van der Waals surface area contributed by atoms with E-state index in [9.17, 15) is 9.59 Å². The van der Waals surface area contributed by atoms with Crippen molar-refractivity contribution in [1.82, 2.24) is 9.47 Å². The lowest BCUT2D eigenvalue weighted by molar-refractivity contribution is -0.139. The second-order valence-electron chi connectivity index (χ2n) is 6.82. The van der Waals surface area contributed by atoms with Gasteiger partial charge in [-0.05, 0) is 49.2 Å². The number of esters is 1. The second-order valence-corrected chi connectivity index (χ2v) is 6.82. The van der Waals surface area contributed by atoms with Crippen molar-refractivity contribution < 1.29 is 14.3 Å².